The molecule has 0 bridgehead atoms. The van der Waals surface area contributed by atoms with Crippen LogP contribution in [0.15, 0.2) is 231 Å². The predicted octanol–water partition coefficient (Wildman–Crippen LogP) is 24.2. The van der Waals surface area contributed by atoms with Gasteiger partial charge in [0.05, 0.1) is 34.4 Å². The van der Waals surface area contributed by atoms with Gasteiger partial charge in [0, 0.05) is 12.8 Å². The lowest BCUT2D eigenvalue weighted by Gasteiger charge is -2.25. The maximum absolute atomic E-state index is 13.0. The Morgan fingerprint density at radius 3 is 0.825 bits per heavy atom. The summed E-state index contributed by atoms with van der Waals surface area (Å²) in [7, 11) is 5.95. The lowest BCUT2D eigenvalue weighted by Crippen LogP contribution is -2.40. The number of unbranched alkanes of at least 4 members (excludes halogenated alkanes) is 13. The monoisotopic (exact) mass is 1340 g/mol. The average molecular weight is 1340 g/mol. The Morgan fingerprint density at radius 2 is 0.557 bits per heavy atom. The fourth-order valence-corrected chi connectivity index (χ4v) is 9.27. The first-order chi connectivity index (χ1) is 47.6. The average Bonchev–Trinajstić information content (AvgIpc) is 3.74. The summed E-state index contributed by atoms with van der Waals surface area (Å²) in [6, 6.07) is 0. The van der Waals surface area contributed by atoms with Crippen molar-refractivity contribution >= 4 is 17.9 Å². The molecular formula is C88H136NO8+. The number of esters is 2. The summed E-state index contributed by atoms with van der Waals surface area (Å²) in [5, 5.41) is 9.76. The van der Waals surface area contributed by atoms with Crippen molar-refractivity contribution < 1.29 is 42.9 Å². The Balaban J connectivity index is 4.26. The first-order valence-electron chi connectivity index (χ1n) is 37.5. The summed E-state index contributed by atoms with van der Waals surface area (Å²) >= 11 is 0. The van der Waals surface area contributed by atoms with Crippen molar-refractivity contribution in [2.24, 2.45) is 0 Å². The zero-order chi connectivity index (χ0) is 70.4. The van der Waals surface area contributed by atoms with Crippen LogP contribution in [0.3, 0.4) is 0 Å². The minimum atomic E-state index is -1.54. The molecule has 0 aliphatic heterocycles. The van der Waals surface area contributed by atoms with Gasteiger partial charge in [-0.1, -0.05) is 303 Å². The van der Waals surface area contributed by atoms with Gasteiger partial charge < -0.3 is 28.5 Å². The molecule has 0 aromatic heterocycles. The topological polar surface area (TPSA) is 108 Å². The van der Waals surface area contributed by atoms with Crippen molar-refractivity contribution in [3.8, 4) is 0 Å². The Hall–Kier alpha value is -6.65. The van der Waals surface area contributed by atoms with Crippen molar-refractivity contribution in [1.82, 2.24) is 0 Å². The van der Waals surface area contributed by atoms with Crippen LogP contribution in [0.2, 0.25) is 0 Å². The Bertz CT molecular complexity index is 2450. The summed E-state index contributed by atoms with van der Waals surface area (Å²) in [6.07, 6.45) is 117. The number of rotatable bonds is 66. The Kier molecular flexibility index (Phi) is 70.0. The third-order valence-corrected chi connectivity index (χ3v) is 14.9. The lowest BCUT2D eigenvalue weighted by molar-refractivity contribution is -0.870. The molecule has 0 fully saturated rings. The SMILES string of the molecule is CC/C=C\C/C=C\C/C=C\C/C=C\C/C=C\C/C=C\C/C=C\C/C=C\C/C=C\C/C=C\CCCCCCC(=O)OC(COC(=O)CCCCCCCCCCC/C=C\C/C=C\C/C=C\C/C=C\C/C=C\C/C=C\C/C=C\C/C=C\C/C=C\CC)COC(OCC[N+](C)(C)C)C(=O)O. The molecule has 0 aliphatic carbocycles. The number of ether oxygens (including phenoxy) is 4. The van der Waals surface area contributed by atoms with E-state index < -0.39 is 24.3 Å². The highest BCUT2D eigenvalue weighted by Gasteiger charge is 2.25. The molecular weight excluding hydrogens is 1200 g/mol. The van der Waals surface area contributed by atoms with Crippen molar-refractivity contribution in [3.05, 3.63) is 231 Å². The number of nitrogens with zero attached hydrogens (tertiary/aromatic N) is 1. The molecule has 9 nitrogen and oxygen atoms in total. The van der Waals surface area contributed by atoms with Gasteiger partial charge in [0.1, 0.15) is 13.2 Å². The van der Waals surface area contributed by atoms with E-state index in [1.807, 2.05) is 21.1 Å². The number of hydrogen-bond acceptors (Lipinski definition) is 7. The number of carboxylic acid groups (broad SMARTS) is 1. The highest BCUT2D eigenvalue weighted by Crippen LogP contribution is 2.14. The highest BCUT2D eigenvalue weighted by molar-refractivity contribution is 5.71. The second kappa shape index (κ2) is 75.1. The minimum absolute atomic E-state index is 0.168. The van der Waals surface area contributed by atoms with Gasteiger partial charge in [-0.25, -0.2) is 4.79 Å². The first-order valence-corrected chi connectivity index (χ1v) is 37.5. The number of carbonyl (C=O) groups excluding carboxylic acids is 2. The van der Waals surface area contributed by atoms with Crippen LogP contribution in [0.25, 0.3) is 0 Å². The molecule has 1 N–H and O–H groups in total. The Morgan fingerprint density at radius 1 is 0.309 bits per heavy atom. The second-order valence-electron chi connectivity index (χ2n) is 25.1. The maximum atomic E-state index is 13.0. The fourth-order valence-electron chi connectivity index (χ4n) is 9.27. The molecule has 0 radical (unpaired) electrons. The van der Waals surface area contributed by atoms with Gasteiger partial charge in [-0.05, 0) is 161 Å². The van der Waals surface area contributed by atoms with Gasteiger partial charge >= 0.3 is 17.9 Å². The van der Waals surface area contributed by atoms with Crippen LogP contribution in [0.1, 0.15) is 245 Å². The first kappa shape index (κ1) is 90.4. The molecule has 0 heterocycles. The van der Waals surface area contributed by atoms with Crippen molar-refractivity contribution in [3.63, 3.8) is 0 Å². The van der Waals surface area contributed by atoms with E-state index in [4.69, 9.17) is 18.9 Å². The number of aliphatic carboxylic acids is 1. The van der Waals surface area contributed by atoms with E-state index >= 15 is 0 Å². The number of likely N-dealkylation sites (N-methyl/N-ethyl adjacent to an activating group) is 1. The van der Waals surface area contributed by atoms with Crippen LogP contribution in [0.5, 0.6) is 0 Å². The number of quaternary nitrogens is 1. The van der Waals surface area contributed by atoms with Crippen LogP contribution in [-0.2, 0) is 33.3 Å². The molecule has 0 saturated heterocycles. The molecule has 2 atom stereocenters. The van der Waals surface area contributed by atoms with E-state index in [2.05, 4.69) is 245 Å². The molecule has 9 heteroatoms. The fraction of sp³-hybridized carbons (Fsp3) is 0.534. The molecule has 97 heavy (non-hydrogen) atoms. The van der Waals surface area contributed by atoms with Crippen molar-refractivity contribution in [1.29, 1.82) is 0 Å². The van der Waals surface area contributed by atoms with E-state index in [-0.39, 0.29) is 38.6 Å². The zero-order valence-corrected chi connectivity index (χ0v) is 61.6. The van der Waals surface area contributed by atoms with Gasteiger partial charge in [-0.2, -0.15) is 0 Å². The standard InChI is InChI=1S/C88H135NO8/c1-6-8-10-12-14-16-18-20-22-24-26-28-30-32-34-36-38-40-42-43-45-46-48-50-52-54-56-58-60-62-64-66-68-70-72-74-76-78-85(90)95-82-84(83-96-88(87(92)93)94-81-80-89(3,4)5)97-86(91)79-77-75-73-71-69-67-65-63-61-59-57-55-53-51-49-47-44-41-39-37-35-33-31-29-27-25-23-21-19-17-15-13-11-9-7-2/h8-11,14-17,20-23,26-29,32-35,38-41,43,45,47-50,53-56,59,61,65,67,84,88H,6-7,12-13,18-19,24-25,30-31,36-37,42,44,46,51-52,57-58,60,62-64,66,68-83H2,1-5H3/p+1/b10-8-,11-9-,16-14-,17-15-,22-20-,23-21-,28-26-,29-27-,34-32-,35-33-,40-38-,41-39-,45-43-,49-47-,50-48-,55-53-,56-54-,61-59-,67-65-. The van der Waals surface area contributed by atoms with Crippen LogP contribution in [-0.4, -0.2) is 87.4 Å². The third-order valence-electron chi connectivity index (χ3n) is 14.9. The third kappa shape index (κ3) is 76.6. The molecule has 0 spiro atoms. The van der Waals surface area contributed by atoms with E-state index in [1.54, 1.807) is 0 Å². The molecule has 0 amide bonds. The number of carbonyl (C=O) groups is 3. The Labute approximate surface area is 593 Å². The van der Waals surface area contributed by atoms with Gasteiger partial charge in [0.15, 0.2) is 6.10 Å². The van der Waals surface area contributed by atoms with Crippen molar-refractivity contribution in [2.75, 3.05) is 47.5 Å². The van der Waals surface area contributed by atoms with E-state index in [9.17, 15) is 19.5 Å². The minimum Gasteiger partial charge on any atom is -0.477 e. The van der Waals surface area contributed by atoms with Crippen LogP contribution in [0, 0.1) is 0 Å². The van der Waals surface area contributed by atoms with Crippen molar-refractivity contribution in [2.45, 2.75) is 257 Å². The molecule has 540 valence electrons. The smallest absolute Gasteiger partial charge is 0.361 e. The van der Waals surface area contributed by atoms with Gasteiger partial charge in [0.2, 0.25) is 0 Å². The number of allylic oxidation sites excluding steroid dienone is 38. The molecule has 0 saturated carbocycles. The van der Waals surface area contributed by atoms with Gasteiger partial charge in [0.25, 0.3) is 6.29 Å². The molecule has 0 aromatic rings. The summed E-state index contributed by atoms with van der Waals surface area (Å²) in [5.74, 6) is -2.07. The lowest BCUT2D eigenvalue weighted by atomic mass is 10.1. The van der Waals surface area contributed by atoms with Crippen LogP contribution in [0.4, 0.5) is 0 Å². The summed E-state index contributed by atoms with van der Waals surface area (Å²) in [4.78, 5) is 37.7. The second-order valence-corrected chi connectivity index (χ2v) is 25.1. The number of hydrogen-bond donors (Lipinski definition) is 1. The molecule has 2 unspecified atom stereocenters. The van der Waals surface area contributed by atoms with Crippen LogP contribution >= 0.6 is 0 Å². The predicted molar refractivity (Wildman–Crippen MR) is 418 cm³/mol. The zero-order valence-electron chi connectivity index (χ0n) is 61.6. The summed E-state index contributed by atoms with van der Waals surface area (Å²) in [5.41, 5.74) is 0. The summed E-state index contributed by atoms with van der Waals surface area (Å²) in [6.45, 7) is 4.58. The van der Waals surface area contributed by atoms with E-state index in [0.717, 1.165) is 180 Å². The van der Waals surface area contributed by atoms with E-state index in [1.165, 1.54) is 32.1 Å². The molecule has 0 rings (SSSR count). The van der Waals surface area contributed by atoms with Gasteiger partial charge in [-0.3, -0.25) is 9.59 Å². The normalized spacial score (nSPS) is 14.0. The van der Waals surface area contributed by atoms with E-state index in [0.29, 0.717) is 17.4 Å². The van der Waals surface area contributed by atoms with Crippen LogP contribution < -0.4 is 0 Å². The maximum Gasteiger partial charge on any atom is 0.361 e. The van der Waals surface area contributed by atoms with Gasteiger partial charge in [-0.15, -0.1) is 0 Å². The summed E-state index contributed by atoms with van der Waals surface area (Å²) < 4.78 is 22.9. The highest BCUT2D eigenvalue weighted by atomic mass is 16.7. The molecule has 0 aromatic carbocycles. The quantitative estimate of drug-likeness (QED) is 0.0211. The largest absolute Gasteiger partial charge is 0.477 e. The molecule has 0 aliphatic rings. The number of carboxylic acids is 1.